The van der Waals surface area contributed by atoms with E-state index in [9.17, 15) is 4.79 Å². The summed E-state index contributed by atoms with van der Waals surface area (Å²) in [6.45, 7) is 0. The van der Waals surface area contributed by atoms with Gasteiger partial charge in [0, 0.05) is 15.4 Å². The first-order chi connectivity index (χ1) is 7.09. The zero-order valence-electron chi connectivity index (χ0n) is 7.46. The maximum absolute atomic E-state index is 10.6. The second-order valence-corrected chi connectivity index (χ2v) is 4.33. The quantitative estimate of drug-likeness (QED) is 0.921. The van der Waals surface area contributed by atoms with Crippen LogP contribution in [0.4, 0.5) is 0 Å². The van der Waals surface area contributed by atoms with Crippen LogP contribution < -0.4 is 0 Å². The fraction of sp³-hybridized carbons (Fsp3) is 0.100. The highest BCUT2D eigenvalue weighted by Gasteiger charge is 2.14. The molecule has 0 aliphatic rings. The molecule has 0 aliphatic heterocycles. The summed E-state index contributed by atoms with van der Waals surface area (Å²) in [5, 5.41) is 9.92. The highest BCUT2D eigenvalue weighted by molar-refractivity contribution is 9.10. The summed E-state index contributed by atoms with van der Waals surface area (Å²) in [6, 6.07) is 3.47. The zero-order valence-corrected chi connectivity index (χ0v) is 9.80. The van der Waals surface area contributed by atoms with Crippen LogP contribution in [0.2, 0.25) is 5.02 Å². The number of carboxylic acid groups (broad SMARTS) is 1. The second kappa shape index (κ2) is 3.87. The molecule has 0 bridgehead atoms. The Bertz CT molecular complexity index is 533. The third kappa shape index (κ3) is 1.87. The van der Waals surface area contributed by atoms with Gasteiger partial charge in [-0.2, -0.15) is 0 Å². The Hall–Kier alpha value is -1.000. The number of furan rings is 1. The van der Waals surface area contributed by atoms with Crippen LogP contribution in [0.5, 0.6) is 0 Å². The molecule has 0 saturated carbocycles. The SMILES string of the molecule is O=C(O)Cc1coc2c(Cl)ccc(Br)c12. The predicted octanol–water partition coefficient (Wildman–Crippen LogP) is 3.48. The first kappa shape index (κ1) is 10.5. The van der Waals surface area contributed by atoms with Crippen LogP contribution in [0.25, 0.3) is 11.0 Å². The van der Waals surface area contributed by atoms with Crippen molar-refractivity contribution in [1.29, 1.82) is 0 Å². The highest BCUT2D eigenvalue weighted by atomic mass is 79.9. The maximum atomic E-state index is 10.6. The normalized spacial score (nSPS) is 10.8. The van der Waals surface area contributed by atoms with E-state index >= 15 is 0 Å². The van der Waals surface area contributed by atoms with Crippen molar-refractivity contribution in [2.75, 3.05) is 0 Å². The molecule has 2 aromatic rings. The highest BCUT2D eigenvalue weighted by Crippen LogP contribution is 2.34. The molecule has 0 saturated heterocycles. The molecule has 3 nitrogen and oxygen atoms in total. The van der Waals surface area contributed by atoms with E-state index in [1.807, 2.05) is 0 Å². The van der Waals surface area contributed by atoms with Crippen molar-refractivity contribution < 1.29 is 14.3 Å². The molecule has 0 radical (unpaired) electrons. The number of rotatable bonds is 2. The van der Waals surface area contributed by atoms with E-state index in [0.29, 0.717) is 16.2 Å². The molecule has 1 aromatic carbocycles. The number of carboxylic acids is 1. The average Bonchev–Trinajstić information content (AvgIpc) is 2.56. The van der Waals surface area contributed by atoms with Gasteiger partial charge in [-0.3, -0.25) is 4.79 Å². The van der Waals surface area contributed by atoms with Crippen molar-refractivity contribution in [3.8, 4) is 0 Å². The monoisotopic (exact) mass is 288 g/mol. The summed E-state index contributed by atoms with van der Waals surface area (Å²) < 4.78 is 6.02. The molecule has 1 aromatic heterocycles. The summed E-state index contributed by atoms with van der Waals surface area (Å²) in [5.74, 6) is -0.899. The average molecular weight is 290 g/mol. The Balaban J connectivity index is 2.67. The number of hydrogen-bond acceptors (Lipinski definition) is 2. The first-order valence-corrected chi connectivity index (χ1v) is 5.32. The van der Waals surface area contributed by atoms with E-state index < -0.39 is 5.97 Å². The smallest absolute Gasteiger partial charge is 0.307 e. The number of carbonyl (C=O) groups is 1. The Labute approximate surface area is 98.8 Å². The van der Waals surface area contributed by atoms with Gasteiger partial charge >= 0.3 is 5.97 Å². The van der Waals surface area contributed by atoms with Gasteiger partial charge in [0.15, 0.2) is 5.58 Å². The fourth-order valence-electron chi connectivity index (χ4n) is 1.43. The van der Waals surface area contributed by atoms with E-state index in [1.165, 1.54) is 6.26 Å². The van der Waals surface area contributed by atoms with Crippen LogP contribution in [0.3, 0.4) is 0 Å². The molecule has 2 rings (SSSR count). The van der Waals surface area contributed by atoms with Crippen LogP contribution in [0, 0.1) is 0 Å². The summed E-state index contributed by atoms with van der Waals surface area (Å²) in [5.41, 5.74) is 1.13. The van der Waals surface area contributed by atoms with E-state index in [2.05, 4.69) is 15.9 Å². The van der Waals surface area contributed by atoms with Gasteiger partial charge in [-0.25, -0.2) is 0 Å². The van der Waals surface area contributed by atoms with Crippen molar-refractivity contribution in [2.24, 2.45) is 0 Å². The fourth-order valence-corrected chi connectivity index (χ4v) is 2.20. The Morgan fingerprint density at radius 2 is 2.27 bits per heavy atom. The van der Waals surface area contributed by atoms with Gasteiger partial charge in [-0.1, -0.05) is 27.5 Å². The topological polar surface area (TPSA) is 50.4 Å². The molecule has 0 spiro atoms. The molecule has 0 fully saturated rings. The van der Waals surface area contributed by atoms with Crippen molar-refractivity contribution in [3.05, 3.63) is 33.5 Å². The number of fused-ring (bicyclic) bond motifs is 1. The van der Waals surface area contributed by atoms with Gasteiger partial charge in [0.2, 0.25) is 0 Å². The maximum Gasteiger partial charge on any atom is 0.307 e. The minimum atomic E-state index is -0.899. The van der Waals surface area contributed by atoms with E-state index in [1.54, 1.807) is 12.1 Å². The van der Waals surface area contributed by atoms with Gasteiger partial charge in [0.25, 0.3) is 0 Å². The van der Waals surface area contributed by atoms with Gasteiger partial charge in [-0.15, -0.1) is 0 Å². The molecule has 5 heteroatoms. The van der Waals surface area contributed by atoms with E-state index in [4.69, 9.17) is 21.1 Å². The molecule has 0 atom stereocenters. The Kier molecular flexibility index (Phi) is 2.71. The molecule has 0 aliphatic carbocycles. The number of aliphatic carboxylic acids is 1. The van der Waals surface area contributed by atoms with Crippen LogP contribution in [0.1, 0.15) is 5.56 Å². The lowest BCUT2D eigenvalue weighted by molar-refractivity contribution is -0.136. The number of hydrogen-bond donors (Lipinski definition) is 1. The Morgan fingerprint density at radius 1 is 1.53 bits per heavy atom. The largest absolute Gasteiger partial charge is 0.481 e. The van der Waals surface area contributed by atoms with Gasteiger partial charge in [0.1, 0.15) is 0 Å². The van der Waals surface area contributed by atoms with Crippen LogP contribution in [0.15, 0.2) is 27.3 Å². The zero-order chi connectivity index (χ0) is 11.0. The lowest BCUT2D eigenvalue weighted by atomic mass is 10.1. The second-order valence-electron chi connectivity index (χ2n) is 3.06. The summed E-state index contributed by atoms with van der Waals surface area (Å²) in [6.07, 6.45) is 1.35. The molecule has 0 unspecified atom stereocenters. The minimum Gasteiger partial charge on any atom is -0.481 e. The molecule has 1 heterocycles. The van der Waals surface area contributed by atoms with Crippen LogP contribution in [-0.2, 0) is 11.2 Å². The molecular weight excluding hydrogens is 283 g/mol. The predicted molar refractivity (Wildman–Crippen MR) is 60.3 cm³/mol. The molecule has 0 amide bonds. The van der Waals surface area contributed by atoms with Gasteiger partial charge < -0.3 is 9.52 Å². The van der Waals surface area contributed by atoms with Crippen LogP contribution >= 0.6 is 27.5 Å². The lowest BCUT2D eigenvalue weighted by Crippen LogP contribution is -1.98. The molecular formula is C10H6BrClO3. The number of benzene rings is 1. The van der Waals surface area contributed by atoms with E-state index in [0.717, 1.165) is 9.86 Å². The van der Waals surface area contributed by atoms with Crippen molar-refractivity contribution in [2.45, 2.75) is 6.42 Å². The van der Waals surface area contributed by atoms with Crippen molar-refractivity contribution >= 4 is 44.5 Å². The van der Waals surface area contributed by atoms with Crippen molar-refractivity contribution in [3.63, 3.8) is 0 Å². The third-order valence-corrected chi connectivity index (χ3v) is 3.00. The third-order valence-electron chi connectivity index (χ3n) is 2.04. The minimum absolute atomic E-state index is 0.0774. The first-order valence-electron chi connectivity index (χ1n) is 4.15. The van der Waals surface area contributed by atoms with Gasteiger partial charge in [0.05, 0.1) is 17.7 Å². The molecule has 15 heavy (non-hydrogen) atoms. The van der Waals surface area contributed by atoms with E-state index in [-0.39, 0.29) is 6.42 Å². The molecule has 1 N–H and O–H groups in total. The molecule has 78 valence electrons. The van der Waals surface area contributed by atoms with Crippen molar-refractivity contribution in [1.82, 2.24) is 0 Å². The summed E-state index contributed by atoms with van der Waals surface area (Å²) in [4.78, 5) is 10.6. The van der Waals surface area contributed by atoms with Crippen LogP contribution in [-0.4, -0.2) is 11.1 Å². The Morgan fingerprint density at radius 3 is 2.93 bits per heavy atom. The van der Waals surface area contributed by atoms with Gasteiger partial charge in [-0.05, 0) is 12.1 Å². The standard InChI is InChI=1S/C10H6BrClO3/c11-6-1-2-7(12)10-9(6)5(4-15-10)3-8(13)14/h1-2,4H,3H2,(H,13,14). The lowest BCUT2D eigenvalue weighted by Gasteiger charge is -1.97. The summed E-state index contributed by atoms with van der Waals surface area (Å²) >= 11 is 9.26. The summed E-state index contributed by atoms with van der Waals surface area (Å²) in [7, 11) is 0. The number of halogens is 2.